The molecule has 0 saturated carbocycles. The molecule has 0 heterocycles. The Morgan fingerprint density at radius 2 is 2.33 bits per heavy atom. The fourth-order valence-electron chi connectivity index (χ4n) is 0.961. The highest BCUT2D eigenvalue weighted by Gasteiger charge is 2.04. The minimum absolute atomic E-state index is 0.329. The molecule has 0 bridgehead atoms. The normalized spacial score (nSPS) is 9.50. The number of hydrogen-bond acceptors (Lipinski definition) is 2. The number of aldehydes is 1. The summed E-state index contributed by atoms with van der Waals surface area (Å²) in [6, 6.07) is 5.37. The predicted molar refractivity (Wildman–Crippen MR) is 47.8 cm³/mol. The summed E-state index contributed by atoms with van der Waals surface area (Å²) >= 11 is 5.90. The van der Waals surface area contributed by atoms with Crippen LogP contribution in [0.25, 0.3) is 0 Å². The molecule has 3 heteroatoms. The predicted octanol–water partition coefficient (Wildman–Crippen LogP) is 2.09. The van der Waals surface area contributed by atoms with Crippen LogP contribution in [-0.4, -0.2) is 13.4 Å². The highest BCUT2D eigenvalue weighted by molar-refractivity contribution is 6.32. The van der Waals surface area contributed by atoms with Gasteiger partial charge >= 0.3 is 0 Å². The molecule has 1 aromatic rings. The van der Waals surface area contributed by atoms with Crippen LogP contribution in [0.1, 0.15) is 5.56 Å². The van der Waals surface area contributed by atoms with E-state index in [0.717, 1.165) is 11.8 Å². The van der Waals surface area contributed by atoms with Crippen molar-refractivity contribution in [2.24, 2.45) is 0 Å². The minimum Gasteiger partial charge on any atom is -0.495 e. The summed E-state index contributed by atoms with van der Waals surface area (Å²) in [6.07, 6.45) is 1.15. The Morgan fingerprint density at radius 1 is 1.58 bits per heavy atom. The summed E-state index contributed by atoms with van der Waals surface area (Å²) in [5.74, 6) is 0.607. The largest absolute Gasteiger partial charge is 0.495 e. The lowest BCUT2D eigenvalue weighted by atomic mass is 10.1. The number of methoxy groups -OCH3 is 1. The molecule has 1 rings (SSSR count). The van der Waals surface area contributed by atoms with Crippen molar-refractivity contribution in [2.45, 2.75) is 6.42 Å². The average Bonchev–Trinajstić information content (AvgIpc) is 2.09. The van der Waals surface area contributed by atoms with Crippen LogP contribution in [0.15, 0.2) is 18.2 Å². The van der Waals surface area contributed by atoms with E-state index in [1.165, 1.54) is 0 Å². The maximum atomic E-state index is 10.2. The molecule has 0 fully saturated rings. The van der Waals surface area contributed by atoms with Gasteiger partial charge in [0, 0.05) is 6.42 Å². The van der Waals surface area contributed by atoms with Gasteiger partial charge in [-0.3, -0.25) is 0 Å². The third-order valence-electron chi connectivity index (χ3n) is 1.57. The van der Waals surface area contributed by atoms with E-state index in [2.05, 4.69) is 0 Å². The van der Waals surface area contributed by atoms with E-state index in [1.807, 2.05) is 6.07 Å². The SMILES string of the molecule is COc1cccc(CC=O)c1Cl. The van der Waals surface area contributed by atoms with E-state index in [0.29, 0.717) is 17.2 Å². The van der Waals surface area contributed by atoms with Gasteiger partial charge in [-0.15, -0.1) is 0 Å². The van der Waals surface area contributed by atoms with Crippen LogP contribution in [0, 0.1) is 0 Å². The van der Waals surface area contributed by atoms with Crippen molar-refractivity contribution in [2.75, 3.05) is 7.11 Å². The van der Waals surface area contributed by atoms with Gasteiger partial charge < -0.3 is 9.53 Å². The minimum atomic E-state index is 0.329. The van der Waals surface area contributed by atoms with E-state index in [4.69, 9.17) is 16.3 Å². The molecule has 0 N–H and O–H groups in total. The lowest BCUT2D eigenvalue weighted by molar-refractivity contribution is -0.107. The molecule has 0 radical (unpaired) electrons. The first-order valence-electron chi connectivity index (χ1n) is 3.54. The number of carbonyl (C=O) groups is 1. The molecule has 0 spiro atoms. The molecule has 0 saturated heterocycles. The van der Waals surface area contributed by atoms with Crippen molar-refractivity contribution in [1.29, 1.82) is 0 Å². The van der Waals surface area contributed by atoms with Crippen molar-refractivity contribution in [3.8, 4) is 5.75 Å². The fourth-order valence-corrected chi connectivity index (χ4v) is 1.24. The highest BCUT2D eigenvalue weighted by Crippen LogP contribution is 2.27. The maximum absolute atomic E-state index is 10.2. The van der Waals surface area contributed by atoms with E-state index in [9.17, 15) is 4.79 Å². The van der Waals surface area contributed by atoms with Gasteiger partial charge in [-0.05, 0) is 11.6 Å². The van der Waals surface area contributed by atoms with Gasteiger partial charge in [0.2, 0.25) is 0 Å². The van der Waals surface area contributed by atoms with Crippen molar-refractivity contribution in [1.82, 2.24) is 0 Å². The summed E-state index contributed by atoms with van der Waals surface area (Å²) in [5.41, 5.74) is 0.797. The maximum Gasteiger partial charge on any atom is 0.137 e. The van der Waals surface area contributed by atoms with Crippen LogP contribution in [0.3, 0.4) is 0 Å². The Bertz CT molecular complexity index is 284. The first-order chi connectivity index (χ1) is 5.79. The smallest absolute Gasteiger partial charge is 0.137 e. The monoisotopic (exact) mass is 184 g/mol. The second-order valence-electron chi connectivity index (χ2n) is 2.30. The van der Waals surface area contributed by atoms with Gasteiger partial charge in [0.25, 0.3) is 0 Å². The summed E-state index contributed by atoms with van der Waals surface area (Å²) < 4.78 is 4.98. The quantitative estimate of drug-likeness (QED) is 0.673. The van der Waals surface area contributed by atoms with Gasteiger partial charge in [-0.2, -0.15) is 0 Å². The number of carbonyl (C=O) groups excluding carboxylic acids is 1. The molecule has 0 aliphatic heterocycles. The van der Waals surface area contributed by atoms with Crippen molar-refractivity contribution >= 4 is 17.9 Å². The molecule has 0 aromatic heterocycles. The highest BCUT2D eigenvalue weighted by atomic mass is 35.5. The number of rotatable bonds is 3. The molecule has 0 amide bonds. The molecule has 1 aromatic carbocycles. The fraction of sp³-hybridized carbons (Fsp3) is 0.222. The van der Waals surface area contributed by atoms with Crippen LogP contribution >= 0.6 is 11.6 Å². The lowest BCUT2D eigenvalue weighted by Gasteiger charge is -2.05. The summed E-state index contributed by atoms with van der Waals surface area (Å²) in [7, 11) is 1.55. The number of benzene rings is 1. The van der Waals surface area contributed by atoms with Gasteiger partial charge in [0.1, 0.15) is 12.0 Å². The molecule has 0 aliphatic rings. The molecule has 0 unspecified atom stereocenters. The van der Waals surface area contributed by atoms with E-state index >= 15 is 0 Å². The van der Waals surface area contributed by atoms with Crippen LogP contribution in [-0.2, 0) is 11.2 Å². The second-order valence-corrected chi connectivity index (χ2v) is 2.68. The summed E-state index contributed by atoms with van der Waals surface area (Å²) in [5, 5.41) is 0.520. The molecule has 2 nitrogen and oxygen atoms in total. The molecular formula is C9H9ClO2. The summed E-state index contributed by atoms with van der Waals surface area (Å²) in [4.78, 5) is 10.2. The summed E-state index contributed by atoms with van der Waals surface area (Å²) in [6.45, 7) is 0. The lowest BCUT2D eigenvalue weighted by Crippen LogP contribution is -1.90. The zero-order chi connectivity index (χ0) is 8.97. The van der Waals surface area contributed by atoms with E-state index in [-0.39, 0.29) is 0 Å². The van der Waals surface area contributed by atoms with Crippen molar-refractivity contribution in [3.63, 3.8) is 0 Å². The molecule has 0 aliphatic carbocycles. The molecule has 0 atom stereocenters. The first kappa shape index (κ1) is 9.07. The molecule has 12 heavy (non-hydrogen) atoms. The Labute approximate surface area is 76.1 Å². The number of hydrogen-bond donors (Lipinski definition) is 0. The topological polar surface area (TPSA) is 26.3 Å². The zero-order valence-corrected chi connectivity index (χ0v) is 7.47. The van der Waals surface area contributed by atoms with Crippen molar-refractivity contribution in [3.05, 3.63) is 28.8 Å². The molecule has 64 valence electrons. The van der Waals surface area contributed by atoms with Gasteiger partial charge in [0.15, 0.2) is 0 Å². The number of halogens is 1. The molecular weight excluding hydrogens is 176 g/mol. The Kier molecular flexibility index (Phi) is 3.11. The second kappa shape index (κ2) is 4.12. The third kappa shape index (κ3) is 1.77. The van der Waals surface area contributed by atoms with Crippen LogP contribution in [0.5, 0.6) is 5.75 Å². The van der Waals surface area contributed by atoms with E-state index in [1.54, 1.807) is 19.2 Å². The van der Waals surface area contributed by atoms with Gasteiger partial charge in [-0.1, -0.05) is 23.7 Å². The Morgan fingerprint density at radius 3 is 2.92 bits per heavy atom. The third-order valence-corrected chi connectivity index (χ3v) is 2.00. The zero-order valence-electron chi connectivity index (χ0n) is 6.71. The van der Waals surface area contributed by atoms with E-state index < -0.39 is 0 Å². The van der Waals surface area contributed by atoms with Crippen LogP contribution in [0.2, 0.25) is 5.02 Å². The Balaban J connectivity index is 3.04. The standard InChI is InChI=1S/C9H9ClO2/c1-12-8-4-2-3-7(5-6-11)9(8)10/h2-4,6H,5H2,1H3. The van der Waals surface area contributed by atoms with Crippen LogP contribution in [0.4, 0.5) is 0 Å². The van der Waals surface area contributed by atoms with Crippen molar-refractivity contribution < 1.29 is 9.53 Å². The van der Waals surface area contributed by atoms with Crippen LogP contribution < -0.4 is 4.74 Å². The Hall–Kier alpha value is -1.02. The first-order valence-corrected chi connectivity index (χ1v) is 3.92. The van der Waals surface area contributed by atoms with Gasteiger partial charge in [0.05, 0.1) is 12.1 Å². The number of ether oxygens (including phenoxy) is 1. The average molecular weight is 185 g/mol. The van der Waals surface area contributed by atoms with Gasteiger partial charge in [-0.25, -0.2) is 0 Å².